The molecule has 0 amide bonds. The van der Waals surface area contributed by atoms with Crippen molar-refractivity contribution < 1.29 is 14.9 Å². The van der Waals surface area contributed by atoms with Gasteiger partial charge < -0.3 is 14.9 Å². The van der Waals surface area contributed by atoms with Crippen LogP contribution in [0.15, 0.2) is 12.1 Å². The largest absolute Gasteiger partial charge is 0.508 e. The molecule has 3 nitrogen and oxygen atoms in total. The van der Waals surface area contributed by atoms with E-state index in [1.165, 1.54) is 0 Å². The van der Waals surface area contributed by atoms with Crippen LogP contribution in [0.5, 0.6) is 5.75 Å². The second-order valence-corrected chi connectivity index (χ2v) is 3.30. The van der Waals surface area contributed by atoms with Gasteiger partial charge in [-0.2, -0.15) is 0 Å². The van der Waals surface area contributed by atoms with Gasteiger partial charge in [0.2, 0.25) is 0 Å². The highest BCUT2D eigenvalue weighted by Crippen LogP contribution is 2.34. The number of hydrogen-bond donors (Lipinski definition) is 2. The molecule has 0 radical (unpaired) electrons. The van der Waals surface area contributed by atoms with Crippen molar-refractivity contribution in [3.8, 4) is 5.75 Å². The monoisotopic (exact) mass is 180 g/mol. The predicted octanol–water partition coefficient (Wildman–Crippen LogP) is 1.48. The molecule has 3 heteroatoms. The highest BCUT2D eigenvalue weighted by molar-refractivity contribution is 5.46. The first kappa shape index (κ1) is 8.53. The van der Waals surface area contributed by atoms with Gasteiger partial charge in [0, 0.05) is 5.56 Å². The first-order valence-electron chi connectivity index (χ1n) is 4.29. The molecule has 0 saturated heterocycles. The zero-order valence-electron chi connectivity index (χ0n) is 7.45. The number of aromatic hydroxyl groups is 1. The maximum Gasteiger partial charge on any atom is 0.121 e. The summed E-state index contributed by atoms with van der Waals surface area (Å²) in [6.07, 6.45) is -0.642. The van der Waals surface area contributed by atoms with Crippen LogP contribution in [0, 0.1) is 0 Å². The fraction of sp³-hybridized carbons (Fsp3) is 0.400. The summed E-state index contributed by atoms with van der Waals surface area (Å²) in [6, 6.07) is 3.44. The minimum atomic E-state index is -0.642. The minimum absolute atomic E-state index is 0.152. The van der Waals surface area contributed by atoms with Crippen LogP contribution in [-0.4, -0.2) is 10.2 Å². The van der Waals surface area contributed by atoms with E-state index in [0.29, 0.717) is 18.8 Å². The number of ether oxygens (including phenoxy) is 1. The van der Waals surface area contributed by atoms with Crippen molar-refractivity contribution in [2.45, 2.75) is 26.2 Å². The van der Waals surface area contributed by atoms with Crippen LogP contribution in [0.1, 0.15) is 29.7 Å². The second kappa shape index (κ2) is 3.01. The van der Waals surface area contributed by atoms with Gasteiger partial charge in [-0.3, -0.25) is 0 Å². The topological polar surface area (TPSA) is 49.7 Å². The first-order valence-corrected chi connectivity index (χ1v) is 4.29. The Labute approximate surface area is 76.6 Å². The van der Waals surface area contributed by atoms with E-state index < -0.39 is 6.10 Å². The molecular formula is C10H12O3. The van der Waals surface area contributed by atoms with Crippen molar-refractivity contribution in [1.82, 2.24) is 0 Å². The van der Waals surface area contributed by atoms with E-state index >= 15 is 0 Å². The summed E-state index contributed by atoms with van der Waals surface area (Å²) in [4.78, 5) is 0. The third kappa shape index (κ3) is 1.30. The molecule has 2 rings (SSSR count). The van der Waals surface area contributed by atoms with Crippen LogP contribution >= 0.6 is 0 Å². The molecule has 0 aliphatic carbocycles. The maximum atomic E-state index is 9.53. The quantitative estimate of drug-likeness (QED) is 0.688. The molecule has 70 valence electrons. The summed E-state index contributed by atoms with van der Waals surface area (Å²) in [5.74, 6) is 0.152. The summed E-state index contributed by atoms with van der Waals surface area (Å²) in [6.45, 7) is 2.72. The maximum absolute atomic E-state index is 9.53. The van der Waals surface area contributed by atoms with Gasteiger partial charge in [-0.1, -0.05) is 6.07 Å². The Balaban J connectivity index is 2.58. The molecule has 0 saturated carbocycles. The Kier molecular flexibility index (Phi) is 1.98. The van der Waals surface area contributed by atoms with E-state index in [-0.39, 0.29) is 5.75 Å². The first-order chi connectivity index (χ1) is 6.20. The smallest absolute Gasteiger partial charge is 0.121 e. The second-order valence-electron chi connectivity index (χ2n) is 3.30. The number of phenolic OH excluding ortho intramolecular Hbond substituents is 1. The van der Waals surface area contributed by atoms with Crippen molar-refractivity contribution in [2.24, 2.45) is 0 Å². The molecule has 2 N–H and O–H groups in total. The van der Waals surface area contributed by atoms with Gasteiger partial charge in [-0.05, 0) is 24.1 Å². The number of aliphatic hydroxyl groups excluding tert-OH is 1. The molecule has 0 bridgehead atoms. The summed E-state index contributed by atoms with van der Waals surface area (Å²) < 4.78 is 5.24. The molecule has 1 heterocycles. The van der Waals surface area contributed by atoms with Crippen molar-refractivity contribution in [1.29, 1.82) is 0 Å². The number of fused-ring (bicyclic) bond motifs is 1. The fourth-order valence-electron chi connectivity index (χ4n) is 1.73. The summed E-state index contributed by atoms with van der Waals surface area (Å²) in [5, 5.41) is 19.0. The molecule has 0 fully saturated rings. The molecule has 0 aromatic heterocycles. The van der Waals surface area contributed by atoms with Crippen LogP contribution in [-0.2, 0) is 18.0 Å². The number of hydrogen-bond acceptors (Lipinski definition) is 3. The highest BCUT2D eigenvalue weighted by atomic mass is 16.5. The van der Waals surface area contributed by atoms with Crippen LogP contribution in [0.4, 0.5) is 0 Å². The lowest BCUT2D eigenvalue weighted by Crippen LogP contribution is -1.98. The molecule has 1 unspecified atom stereocenters. The number of benzene rings is 1. The van der Waals surface area contributed by atoms with Gasteiger partial charge in [-0.15, -0.1) is 0 Å². The van der Waals surface area contributed by atoms with E-state index in [0.717, 1.165) is 11.1 Å². The molecule has 1 aromatic carbocycles. The number of phenols is 1. The highest BCUT2D eigenvalue weighted by Gasteiger charge is 2.20. The molecule has 1 aromatic rings. The van der Waals surface area contributed by atoms with E-state index in [1.807, 2.05) is 6.07 Å². The van der Waals surface area contributed by atoms with Gasteiger partial charge in [-0.25, -0.2) is 0 Å². The lowest BCUT2D eigenvalue weighted by Gasteiger charge is -2.11. The van der Waals surface area contributed by atoms with Crippen molar-refractivity contribution in [3.05, 3.63) is 28.8 Å². The van der Waals surface area contributed by atoms with Crippen molar-refractivity contribution in [2.75, 3.05) is 0 Å². The average Bonchev–Trinajstić information content (AvgIpc) is 2.50. The predicted molar refractivity (Wildman–Crippen MR) is 47.2 cm³/mol. The van der Waals surface area contributed by atoms with Crippen molar-refractivity contribution in [3.63, 3.8) is 0 Å². The van der Waals surface area contributed by atoms with Crippen LogP contribution in [0.25, 0.3) is 0 Å². The Hall–Kier alpha value is -1.06. The van der Waals surface area contributed by atoms with Gasteiger partial charge in [0.1, 0.15) is 5.75 Å². The van der Waals surface area contributed by atoms with Crippen LogP contribution < -0.4 is 0 Å². The Morgan fingerprint density at radius 1 is 1.38 bits per heavy atom. The third-order valence-electron chi connectivity index (χ3n) is 2.35. The summed E-state index contributed by atoms with van der Waals surface area (Å²) in [7, 11) is 0. The lowest BCUT2D eigenvalue weighted by molar-refractivity contribution is 0.131. The van der Waals surface area contributed by atoms with E-state index in [4.69, 9.17) is 4.74 Å². The van der Waals surface area contributed by atoms with E-state index in [2.05, 4.69) is 0 Å². The zero-order chi connectivity index (χ0) is 9.42. The molecular weight excluding hydrogens is 168 g/mol. The van der Waals surface area contributed by atoms with Gasteiger partial charge in [0.15, 0.2) is 0 Å². The van der Waals surface area contributed by atoms with Gasteiger partial charge in [0.05, 0.1) is 19.3 Å². The number of aliphatic hydroxyl groups is 1. The normalized spacial score (nSPS) is 17.1. The SMILES string of the molecule is CC(O)c1c(O)ccc2c1COC2. The molecule has 13 heavy (non-hydrogen) atoms. The average molecular weight is 180 g/mol. The third-order valence-corrected chi connectivity index (χ3v) is 2.35. The number of rotatable bonds is 1. The Bertz CT molecular complexity index is 331. The molecule has 1 atom stereocenters. The fourth-order valence-corrected chi connectivity index (χ4v) is 1.73. The zero-order valence-corrected chi connectivity index (χ0v) is 7.45. The minimum Gasteiger partial charge on any atom is -0.508 e. The lowest BCUT2D eigenvalue weighted by atomic mass is 9.99. The van der Waals surface area contributed by atoms with Gasteiger partial charge in [0.25, 0.3) is 0 Å². The molecule has 1 aliphatic heterocycles. The van der Waals surface area contributed by atoms with E-state index in [1.54, 1.807) is 13.0 Å². The van der Waals surface area contributed by atoms with Crippen molar-refractivity contribution >= 4 is 0 Å². The Morgan fingerprint density at radius 3 is 2.85 bits per heavy atom. The molecule has 1 aliphatic rings. The Morgan fingerprint density at radius 2 is 2.15 bits per heavy atom. The standard InChI is InChI=1S/C10H12O3/c1-6(11)10-8-5-13-4-7(8)2-3-9(10)12/h2-3,6,11-12H,4-5H2,1H3. The van der Waals surface area contributed by atoms with Gasteiger partial charge >= 0.3 is 0 Å². The van der Waals surface area contributed by atoms with E-state index in [9.17, 15) is 10.2 Å². The summed E-state index contributed by atoms with van der Waals surface area (Å²) in [5.41, 5.74) is 2.61. The van der Waals surface area contributed by atoms with Crippen LogP contribution in [0.2, 0.25) is 0 Å². The summed E-state index contributed by atoms with van der Waals surface area (Å²) >= 11 is 0. The van der Waals surface area contributed by atoms with Crippen LogP contribution in [0.3, 0.4) is 0 Å². The molecule has 0 spiro atoms.